The number of halogens is 3. The highest BCUT2D eigenvalue weighted by atomic mass is 32.2. The average Bonchev–Trinajstić information content (AvgIpc) is 2.93. The van der Waals surface area contributed by atoms with Crippen LogP contribution < -0.4 is 9.46 Å². The highest BCUT2D eigenvalue weighted by Gasteiger charge is 2.31. The third kappa shape index (κ3) is 5.08. The Morgan fingerprint density at radius 2 is 1.96 bits per heavy atom. The number of carbonyl (C=O) groups is 1. The van der Waals surface area contributed by atoms with Crippen molar-refractivity contribution in [3.05, 3.63) is 35.3 Å². The summed E-state index contributed by atoms with van der Waals surface area (Å²) in [5.41, 5.74) is 0. The third-order valence-electron chi connectivity index (χ3n) is 3.16. The van der Waals surface area contributed by atoms with E-state index in [0.717, 1.165) is 35.6 Å². The SMILES string of the molecule is CCC(C(=O)O)c1cnc(NS(=O)(=O)c2ccc(OC(F)(F)F)cc2)s1. The molecule has 0 bridgehead atoms. The summed E-state index contributed by atoms with van der Waals surface area (Å²) in [6.07, 6.45) is -3.30. The van der Waals surface area contributed by atoms with Gasteiger partial charge in [0.25, 0.3) is 10.0 Å². The van der Waals surface area contributed by atoms with E-state index in [-0.39, 0.29) is 10.0 Å². The lowest BCUT2D eigenvalue weighted by Gasteiger charge is -2.10. The zero-order valence-electron chi connectivity index (χ0n) is 13.1. The lowest BCUT2D eigenvalue weighted by molar-refractivity contribution is -0.274. The molecule has 0 amide bonds. The highest BCUT2D eigenvalue weighted by Crippen LogP contribution is 2.30. The fourth-order valence-corrected chi connectivity index (χ4v) is 4.22. The number of aliphatic carboxylic acids is 1. The van der Waals surface area contributed by atoms with Gasteiger partial charge in [-0.2, -0.15) is 0 Å². The number of carboxylic acids is 1. The van der Waals surface area contributed by atoms with Crippen LogP contribution in [0.4, 0.5) is 18.3 Å². The van der Waals surface area contributed by atoms with Gasteiger partial charge >= 0.3 is 12.3 Å². The molecule has 0 radical (unpaired) electrons. The number of alkyl halides is 3. The van der Waals surface area contributed by atoms with Crippen LogP contribution in [0.15, 0.2) is 35.4 Å². The molecule has 26 heavy (non-hydrogen) atoms. The molecule has 1 aromatic carbocycles. The van der Waals surface area contributed by atoms with E-state index in [1.807, 2.05) is 0 Å². The van der Waals surface area contributed by atoms with Gasteiger partial charge in [0.15, 0.2) is 5.13 Å². The molecule has 0 spiro atoms. The van der Waals surface area contributed by atoms with Gasteiger partial charge in [0.2, 0.25) is 0 Å². The van der Waals surface area contributed by atoms with Crippen LogP contribution in [-0.4, -0.2) is 30.8 Å². The largest absolute Gasteiger partial charge is 0.573 e. The summed E-state index contributed by atoms with van der Waals surface area (Å²) in [5.74, 6) is -2.41. The maximum Gasteiger partial charge on any atom is 0.573 e. The molecule has 0 aliphatic heterocycles. The van der Waals surface area contributed by atoms with Crippen molar-refractivity contribution in [2.75, 3.05) is 4.72 Å². The number of aromatic nitrogens is 1. The number of sulfonamides is 1. The minimum absolute atomic E-state index is 0.0460. The second-order valence-corrected chi connectivity index (χ2v) is 7.74. The minimum Gasteiger partial charge on any atom is -0.481 e. The summed E-state index contributed by atoms with van der Waals surface area (Å²) in [6, 6.07) is 3.63. The zero-order valence-corrected chi connectivity index (χ0v) is 14.8. The smallest absolute Gasteiger partial charge is 0.481 e. The first-order valence-electron chi connectivity index (χ1n) is 7.09. The van der Waals surface area contributed by atoms with Crippen molar-refractivity contribution in [2.45, 2.75) is 30.5 Å². The van der Waals surface area contributed by atoms with Crippen molar-refractivity contribution in [3.63, 3.8) is 0 Å². The van der Waals surface area contributed by atoms with Gasteiger partial charge in [0, 0.05) is 11.1 Å². The second-order valence-electron chi connectivity index (χ2n) is 4.99. The zero-order chi connectivity index (χ0) is 19.5. The van der Waals surface area contributed by atoms with Crippen molar-refractivity contribution < 1.29 is 36.2 Å². The molecule has 1 atom stereocenters. The van der Waals surface area contributed by atoms with Crippen molar-refractivity contribution in [1.82, 2.24) is 4.98 Å². The number of nitrogens with one attached hydrogen (secondary N) is 1. The van der Waals surface area contributed by atoms with Crippen molar-refractivity contribution >= 4 is 32.5 Å². The molecular weight excluding hydrogens is 397 g/mol. The Bertz CT molecular complexity index is 879. The Balaban J connectivity index is 2.16. The van der Waals surface area contributed by atoms with Gasteiger partial charge in [-0.1, -0.05) is 6.92 Å². The molecule has 0 aliphatic carbocycles. The second kappa shape index (κ2) is 7.50. The molecule has 1 unspecified atom stereocenters. The lowest BCUT2D eigenvalue weighted by Crippen LogP contribution is -2.17. The van der Waals surface area contributed by atoms with Crippen LogP contribution in [0.1, 0.15) is 24.1 Å². The van der Waals surface area contributed by atoms with Crippen LogP contribution in [0.5, 0.6) is 5.75 Å². The van der Waals surface area contributed by atoms with Crippen LogP contribution >= 0.6 is 11.3 Å². The Morgan fingerprint density at radius 1 is 1.35 bits per heavy atom. The monoisotopic (exact) mass is 410 g/mol. The molecule has 142 valence electrons. The molecular formula is C14H13F3N2O5S2. The number of carboxylic acid groups (broad SMARTS) is 1. The molecule has 2 N–H and O–H groups in total. The summed E-state index contributed by atoms with van der Waals surface area (Å²) in [5, 5.41) is 9.06. The van der Waals surface area contributed by atoms with Gasteiger partial charge in [-0.25, -0.2) is 13.4 Å². The summed E-state index contributed by atoms with van der Waals surface area (Å²) in [7, 11) is -4.10. The van der Waals surface area contributed by atoms with E-state index in [0.29, 0.717) is 11.3 Å². The Hall–Kier alpha value is -2.34. The van der Waals surface area contributed by atoms with Crippen molar-refractivity contribution in [2.24, 2.45) is 0 Å². The molecule has 1 heterocycles. The maximum atomic E-state index is 12.3. The van der Waals surface area contributed by atoms with Crippen LogP contribution in [-0.2, 0) is 14.8 Å². The molecule has 0 saturated carbocycles. The highest BCUT2D eigenvalue weighted by molar-refractivity contribution is 7.93. The lowest BCUT2D eigenvalue weighted by atomic mass is 10.1. The fraction of sp³-hybridized carbons (Fsp3) is 0.286. The number of hydrogen-bond donors (Lipinski definition) is 2. The molecule has 0 fully saturated rings. The number of thiazole rings is 1. The minimum atomic E-state index is -4.88. The Labute approximate surface area is 150 Å². The summed E-state index contributed by atoms with van der Waals surface area (Å²) < 4.78 is 66.7. The topological polar surface area (TPSA) is 106 Å². The van der Waals surface area contributed by atoms with E-state index in [4.69, 9.17) is 5.11 Å². The average molecular weight is 410 g/mol. The van der Waals surface area contributed by atoms with Crippen molar-refractivity contribution in [1.29, 1.82) is 0 Å². The fourth-order valence-electron chi connectivity index (χ4n) is 1.99. The maximum absolute atomic E-state index is 12.3. The first-order valence-corrected chi connectivity index (χ1v) is 9.39. The van der Waals surface area contributed by atoms with Gasteiger partial charge < -0.3 is 9.84 Å². The number of nitrogens with zero attached hydrogens (tertiary/aromatic N) is 1. The van der Waals surface area contributed by atoms with Crippen LogP contribution in [0.3, 0.4) is 0 Å². The van der Waals surface area contributed by atoms with E-state index in [9.17, 15) is 26.4 Å². The molecule has 1 aromatic heterocycles. The molecule has 2 rings (SSSR count). The van der Waals surface area contributed by atoms with Gasteiger partial charge in [-0.05, 0) is 30.7 Å². The number of anilines is 1. The van der Waals surface area contributed by atoms with Crippen LogP contribution in [0.25, 0.3) is 0 Å². The number of hydrogen-bond acceptors (Lipinski definition) is 6. The molecule has 12 heteroatoms. The van der Waals surface area contributed by atoms with Gasteiger partial charge in [-0.15, -0.1) is 24.5 Å². The first kappa shape index (κ1) is 20.0. The summed E-state index contributed by atoms with van der Waals surface area (Å²) >= 11 is 0.871. The predicted octanol–water partition coefficient (Wildman–Crippen LogP) is 3.42. The Morgan fingerprint density at radius 3 is 2.46 bits per heavy atom. The van der Waals surface area contributed by atoms with E-state index < -0.39 is 34.0 Å². The molecule has 0 aliphatic rings. The van der Waals surface area contributed by atoms with Gasteiger partial charge in [0.05, 0.1) is 10.8 Å². The normalized spacial score (nSPS) is 13.2. The number of rotatable bonds is 7. The number of benzene rings is 1. The molecule has 2 aromatic rings. The van der Waals surface area contributed by atoms with E-state index in [1.54, 1.807) is 6.92 Å². The first-order chi connectivity index (χ1) is 12.0. The van der Waals surface area contributed by atoms with Crippen LogP contribution in [0.2, 0.25) is 0 Å². The van der Waals surface area contributed by atoms with E-state index >= 15 is 0 Å². The standard InChI is InChI=1S/C14H13F3N2O5S2/c1-2-10(12(20)21)11-7-18-13(25-11)19-26(22,23)9-5-3-8(4-6-9)24-14(15,16)17/h3-7,10H,2H2,1H3,(H,18,19)(H,20,21). The van der Waals surface area contributed by atoms with Gasteiger partial charge in [-0.3, -0.25) is 9.52 Å². The van der Waals surface area contributed by atoms with E-state index in [1.165, 1.54) is 6.20 Å². The number of ether oxygens (including phenoxy) is 1. The van der Waals surface area contributed by atoms with Crippen LogP contribution in [0, 0.1) is 0 Å². The summed E-state index contributed by atoms with van der Waals surface area (Å²) in [6.45, 7) is 1.67. The van der Waals surface area contributed by atoms with E-state index in [2.05, 4.69) is 14.4 Å². The molecule has 0 saturated heterocycles. The predicted molar refractivity (Wildman–Crippen MR) is 86.7 cm³/mol. The van der Waals surface area contributed by atoms with Gasteiger partial charge in [0.1, 0.15) is 5.75 Å². The van der Waals surface area contributed by atoms with Crippen molar-refractivity contribution in [3.8, 4) is 5.75 Å². The third-order valence-corrected chi connectivity index (χ3v) is 5.67. The Kier molecular flexibility index (Phi) is 5.76. The quantitative estimate of drug-likeness (QED) is 0.725. The molecule has 7 nitrogen and oxygen atoms in total. The summed E-state index contributed by atoms with van der Waals surface area (Å²) in [4.78, 5) is 15.0.